The Kier molecular flexibility index (Phi) is 6.62. The normalized spacial score (nSPS) is 19.9. The lowest BCUT2D eigenvalue weighted by Crippen LogP contribution is -2.55. The number of hydrazone groups is 1. The van der Waals surface area contributed by atoms with Gasteiger partial charge in [-0.1, -0.05) is 43.4 Å². The third-order valence-corrected chi connectivity index (χ3v) is 5.83. The molecule has 1 atom stereocenters. The van der Waals surface area contributed by atoms with Crippen molar-refractivity contribution in [2.75, 3.05) is 6.54 Å². The Balaban J connectivity index is 2.15. The van der Waals surface area contributed by atoms with Crippen molar-refractivity contribution in [3.8, 4) is 0 Å². The second-order valence-electron chi connectivity index (χ2n) is 5.88. The van der Waals surface area contributed by atoms with Crippen LogP contribution in [-0.4, -0.2) is 49.3 Å². The van der Waals surface area contributed by atoms with E-state index in [0.29, 0.717) is 15.9 Å². The number of thioether (sulfide) groups is 1. The maximum Gasteiger partial charge on any atom is 0.343 e. The summed E-state index contributed by atoms with van der Waals surface area (Å²) in [7, 11) is 0. The summed E-state index contributed by atoms with van der Waals surface area (Å²) in [5.74, 6) is 0. The second kappa shape index (κ2) is 8.28. The zero-order chi connectivity index (χ0) is 17.7. The van der Waals surface area contributed by atoms with Crippen molar-refractivity contribution in [3.05, 3.63) is 22.4 Å². The fraction of sp³-hybridized carbons (Fsp3) is 0.533. The fourth-order valence-corrected chi connectivity index (χ4v) is 4.64. The maximum absolute atomic E-state index is 12.2. The molecule has 0 bridgehead atoms. The quantitative estimate of drug-likeness (QED) is 0.256. The molecule has 2 amide bonds. The highest BCUT2D eigenvalue weighted by Crippen LogP contribution is 2.42. The van der Waals surface area contributed by atoms with E-state index in [1.54, 1.807) is 17.6 Å². The molecule has 0 aromatic carbocycles. The number of rotatable bonds is 6. The number of nitrogens with one attached hydrogen (secondary N) is 1. The van der Waals surface area contributed by atoms with Crippen LogP contribution in [0.3, 0.4) is 0 Å². The molecule has 1 saturated heterocycles. The summed E-state index contributed by atoms with van der Waals surface area (Å²) < 4.78 is 0.0407. The smallest absolute Gasteiger partial charge is 0.336 e. The van der Waals surface area contributed by atoms with E-state index in [4.69, 9.17) is 12.2 Å². The summed E-state index contributed by atoms with van der Waals surface area (Å²) in [6, 6.07) is 3.34. The zero-order valence-electron chi connectivity index (χ0n) is 13.9. The van der Waals surface area contributed by atoms with Crippen LogP contribution in [0.25, 0.3) is 0 Å². The molecule has 1 aromatic heterocycles. The number of hydrogen-bond acceptors (Lipinski definition) is 6. The number of carbonyl (C=O) groups excluding carboxylic acids is 1. The summed E-state index contributed by atoms with van der Waals surface area (Å²) in [4.78, 5) is 13.2. The summed E-state index contributed by atoms with van der Waals surface area (Å²) in [6.45, 7) is 6.42. The van der Waals surface area contributed by atoms with Crippen molar-refractivity contribution in [1.82, 2.24) is 15.4 Å². The maximum atomic E-state index is 12.2. The van der Waals surface area contributed by atoms with Gasteiger partial charge >= 0.3 is 6.03 Å². The van der Waals surface area contributed by atoms with Gasteiger partial charge in [-0.25, -0.2) is 9.80 Å². The number of nitrogens with zero attached hydrogens (tertiary/aromatic N) is 3. The van der Waals surface area contributed by atoms with Crippen molar-refractivity contribution in [2.24, 2.45) is 5.10 Å². The van der Waals surface area contributed by atoms with Crippen LogP contribution in [0.15, 0.2) is 22.6 Å². The molecule has 9 heteroatoms. The van der Waals surface area contributed by atoms with Gasteiger partial charge < -0.3 is 5.32 Å². The van der Waals surface area contributed by atoms with E-state index < -0.39 is 16.9 Å². The van der Waals surface area contributed by atoms with Gasteiger partial charge in [0.2, 0.25) is 0 Å². The molecule has 0 aliphatic carbocycles. The van der Waals surface area contributed by atoms with E-state index in [1.165, 1.54) is 16.8 Å². The van der Waals surface area contributed by atoms with Crippen molar-refractivity contribution in [1.29, 1.82) is 0 Å². The summed E-state index contributed by atoms with van der Waals surface area (Å²) in [5, 5.41) is 21.7. The van der Waals surface area contributed by atoms with Crippen molar-refractivity contribution in [3.63, 3.8) is 0 Å². The van der Waals surface area contributed by atoms with E-state index in [9.17, 15) is 10.0 Å². The van der Waals surface area contributed by atoms with Gasteiger partial charge in [0, 0.05) is 11.4 Å². The number of unbranched alkanes of at least 4 members (excludes halogenated alkanes) is 1. The molecule has 0 radical (unpaired) electrons. The highest BCUT2D eigenvalue weighted by molar-refractivity contribution is 8.24. The molecule has 2 heterocycles. The Hall–Kier alpha value is -1.16. The number of thiocarbonyl (C=S) groups is 1. The van der Waals surface area contributed by atoms with Crippen LogP contribution >= 0.6 is 35.3 Å². The van der Waals surface area contributed by atoms with Crippen LogP contribution in [0.4, 0.5) is 4.79 Å². The molecule has 132 valence electrons. The molecule has 1 aliphatic heterocycles. The molecule has 1 fully saturated rings. The third kappa shape index (κ3) is 4.47. The lowest BCUT2D eigenvalue weighted by molar-refractivity contribution is -0.118. The van der Waals surface area contributed by atoms with E-state index in [0.717, 1.165) is 17.7 Å². The highest BCUT2D eigenvalue weighted by atomic mass is 32.2. The first-order chi connectivity index (χ1) is 11.4. The molecular weight excluding hydrogens is 364 g/mol. The molecule has 2 rings (SSSR count). The van der Waals surface area contributed by atoms with Crippen molar-refractivity contribution >= 4 is 51.9 Å². The number of urea groups is 1. The van der Waals surface area contributed by atoms with Crippen LogP contribution in [0.5, 0.6) is 0 Å². The molecule has 0 unspecified atom stereocenters. The van der Waals surface area contributed by atoms with Crippen molar-refractivity contribution < 1.29 is 10.0 Å². The van der Waals surface area contributed by atoms with Crippen LogP contribution in [0.2, 0.25) is 0 Å². The Morgan fingerprint density at radius 1 is 1.62 bits per heavy atom. The topological polar surface area (TPSA) is 68.2 Å². The Labute approximate surface area is 155 Å². The highest BCUT2D eigenvalue weighted by Gasteiger charge is 2.49. The van der Waals surface area contributed by atoms with E-state index in [2.05, 4.69) is 10.4 Å². The van der Waals surface area contributed by atoms with Gasteiger partial charge in [0.15, 0.2) is 10.5 Å². The number of hydrogen-bond donors (Lipinski definition) is 2. The SMILES string of the molecule is CCCCNC(=O)N(O)[C@@H]1N(/N=C\c2cccs2)C(=S)SC1(C)C. The Morgan fingerprint density at radius 2 is 2.38 bits per heavy atom. The van der Waals surface area contributed by atoms with Gasteiger partial charge in [-0.2, -0.15) is 10.2 Å². The van der Waals surface area contributed by atoms with Crippen LogP contribution in [0, 0.1) is 0 Å². The zero-order valence-corrected chi connectivity index (χ0v) is 16.4. The van der Waals surface area contributed by atoms with Gasteiger partial charge in [-0.15, -0.1) is 11.3 Å². The van der Waals surface area contributed by atoms with E-state index in [1.807, 2.05) is 38.3 Å². The largest absolute Gasteiger partial charge is 0.343 e. The molecule has 1 aromatic rings. The Morgan fingerprint density at radius 3 is 3.00 bits per heavy atom. The van der Waals surface area contributed by atoms with E-state index >= 15 is 0 Å². The molecule has 0 spiro atoms. The second-order valence-corrected chi connectivity index (χ2v) is 9.15. The first kappa shape index (κ1) is 19.2. The van der Waals surface area contributed by atoms with Gasteiger partial charge in [0.1, 0.15) is 0 Å². The van der Waals surface area contributed by atoms with Crippen LogP contribution in [-0.2, 0) is 0 Å². The number of hydroxylamine groups is 2. The minimum atomic E-state index is -0.673. The molecule has 1 aliphatic rings. The fourth-order valence-electron chi connectivity index (χ4n) is 2.28. The minimum absolute atomic E-state index is 0.485. The number of carbonyl (C=O) groups is 1. The molecule has 24 heavy (non-hydrogen) atoms. The monoisotopic (exact) mass is 386 g/mol. The predicted octanol–water partition coefficient (Wildman–Crippen LogP) is 3.72. The lowest BCUT2D eigenvalue weighted by Gasteiger charge is -2.34. The summed E-state index contributed by atoms with van der Waals surface area (Å²) in [6.07, 6.45) is 2.85. The molecular formula is C15H22N4O2S3. The first-order valence-corrected chi connectivity index (χ1v) is 9.83. The van der Waals surface area contributed by atoms with Gasteiger partial charge in [0.05, 0.1) is 11.0 Å². The average Bonchev–Trinajstić information content (AvgIpc) is 3.10. The predicted molar refractivity (Wildman–Crippen MR) is 104 cm³/mol. The van der Waals surface area contributed by atoms with Gasteiger partial charge in [-0.3, -0.25) is 5.21 Å². The minimum Gasteiger partial charge on any atom is -0.336 e. The molecule has 0 saturated carbocycles. The molecule has 2 N–H and O–H groups in total. The summed E-state index contributed by atoms with van der Waals surface area (Å²) >= 11 is 8.35. The van der Waals surface area contributed by atoms with Crippen LogP contribution < -0.4 is 5.32 Å². The van der Waals surface area contributed by atoms with Gasteiger partial charge in [0.25, 0.3) is 0 Å². The lowest BCUT2D eigenvalue weighted by atomic mass is 10.1. The van der Waals surface area contributed by atoms with E-state index in [-0.39, 0.29) is 0 Å². The first-order valence-electron chi connectivity index (χ1n) is 7.72. The Bertz CT molecular complexity index is 604. The van der Waals surface area contributed by atoms with Gasteiger partial charge in [-0.05, 0) is 31.7 Å². The summed E-state index contributed by atoms with van der Waals surface area (Å²) in [5.41, 5.74) is 0. The van der Waals surface area contributed by atoms with Crippen LogP contribution in [0.1, 0.15) is 38.5 Å². The third-order valence-electron chi connectivity index (χ3n) is 3.49. The molecule has 6 nitrogen and oxygen atoms in total. The average molecular weight is 387 g/mol. The number of thiophene rings is 1. The number of amides is 2. The van der Waals surface area contributed by atoms with Crippen molar-refractivity contribution in [2.45, 2.75) is 44.5 Å². The standard InChI is InChI=1S/C15H22N4O2S3/c1-4-5-8-16-13(20)19(21)12-15(2,3)24-14(22)18(12)17-10-11-7-6-9-23-11/h6-7,9-10,12,21H,4-5,8H2,1-3H3,(H,16,20)/b17-10-/t12-/m0/s1.